The van der Waals surface area contributed by atoms with E-state index in [1.54, 1.807) is 19.9 Å². The molecule has 0 atom stereocenters. The zero-order valence-corrected chi connectivity index (χ0v) is 13.5. The summed E-state index contributed by atoms with van der Waals surface area (Å²) in [6, 6.07) is 2.83. The van der Waals surface area contributed by atoms with Gasteiger partial charge in [-0.15, -0.1) is 12.4 Å². The number of benzene rings is 1. The number of hydrogen-bond acceptors (Lipinski definition) is 5. The second-order valence-electron chi connectivity index (χ2n) is 4.77. The summed E-state index contributed by atoms with van der Waals surface area (Å²) in [4.78, 5) is 10.3. The van der Waals surface area contributed by atoms with E-state index in [2.05, 4.69) is 5.32 Å². The molecule has 1 N–H and O–H groups in total. The fourth-order valence-electron chi connectivity index (χ4n) is 2.26. The van der Waals surface area contributed by atoms with Gasteiger partial charge in [-0.1, -0.05) is 6.07 Å². The minimum Gasteiger partial charge on any atom is -0.314 e. The van der Waals surface area contributed by atoms with Crippen molar-refractivity contribution in [2.24, 2.45) is 0 Å². The number of rotatable bonds is 3. The molecule has 1 heterocycles. The number of aryl methyl sites for hydroxylation is 1. The third kappa shape index (κ3) is 3.34. The molecule has 1 saturated heterocycles. The molecule has 0 amide bonds. The van der Waals surface area contributed by atoms with Crippen molar-refractivity contribution in [3.63, 3.8) is 0 Å². The van der Waals surface area contributed by atoms with Gasteiger partial charge in [-0.2, -0.15) is 4.31 Å². The van der Waals surface area contributed by atoms with Crippen LogP contribution < -0.4 is 5.32 Å². The number of nitro benzene ring substituents is 1. The molecule has 0 unspecified atom stereocenters. The van der Waals surface area contributed by atoms with E-state index in [1.165, 1.54) is 10.4 Å². The molecule has 0 bridgehead atoms. The van der Waals surface area contributed by atoms with Gasteiger partial charge in [0.2, 0.25) is 10.0 Å². The van der Waals surface area contributed by atoms with Crippen molar-refractivity contribution >= 4 is 28.1 Å². The maximum Gasteiger partial charge on any atom is 0.289 e. The van der Waals surface area contributed by atoms with Crippen molar-refractivity contribution in [3.8, 4) is 0 Å². The van der Waals surface area contributed by atoms with Gasteiger partial charge in [-0.3, -0.25) is 10.1 Å². The van der Waals surface area contributed by atoms with Gasteiger partial charge in [0, 0.05) is 32.2 Å². The van der Waals surface area contributed by atoms with E-state index >= 15 is 0 Å². The van der Waals surface area contributed by atoms with E-state index in [1.807, 2.05) is 0 Å². The first-order valence-electron chi connectivity index (χ1n) is 6.31. The Kier molecular flexibility index (Phi) is 5.68. The monoisotopic (exact) mass is 335 g/mol. The molecule has 1 aliphatic rings. The summed E-state index contributed by atoms with van der Waals surface area (Å²) in [5, 5.41) is 14.2. The van der Waals surface area contributed by atoms with Gasteiger partial charge in [0.25, 0.3) is 5.69 Å². The van der Waals surface area contributed by atoms with Crippen LogP contribution >= 0.6 is 12.4 Å². The predicted molar refractivity (Wildman–Crippen MR) is 81.4 cm³/mol. The molecule has 7 nitrogen and oxygen atoms in total. The zero-order valence-electron chi connectivity index (χ0n) is 11.8. The molecule has 0 aromatic heterocycles. The van der Waals surface area contributed by atoms with E-state index in [9.17, 15) is 18.5 Å². The highest BCUT2D eigenvalue weighted by molar-refractivity contribution is 7.89. The van der Waals surface area contributed by atoms with E-state index in [0.29, 0.717) is 31.7 Å². The van der Waals surface area contributed by atoms with Crippen LogP contribution in [0.5, 0.6) is 0 Å². The second kappa shape index (κ2) is 6.69. The summed E-state index contributed by atoms with van der Waals surface area (Å²) in [6.07, 6.45) is 0. The second-order valence-corrected chi connectivity index (χ2v) is 6.64. The van der Waals surface area contributed by atoms with E-state index < -0.39 is 14.9 Å². The Bertz CT molecular complexity index is 642. The molecule has 9 heteroatoms. The van der Waals surface area contributed by atoms with Crippen molar-refractivity contribution < 1.29 is 13.3 Å². The number of sulfonamides is 1. The smallest absolute Gasteiger partial charge is 0.289 e. The van der Waals surface area contributed by atoms with Crippen LogP contribution in [0.3, 0.4) is 0 Å². The lowest BCUT2D eigenvalue weighted by atomic mass is 10.1. The van der Waals surface area contributed by atoms with Crippen LogP contribution in [0.15, 0.2) is 17.0 Å². The van der Waals surface area contributed by atoms with Crippen LogP contribution in [0.25, 0.3) is 0 Å². The van der Waals surface area contributed by atoms with Crippen LogP contribution in [0, 0.1) is 24.0 Å². The molecule has 0 radical (unpaired) electrons. The SMILES string of the molecule is Cc1ccc([N+](=O)[O-])c(S(=O)(=O)N2CCNCC2)c1C.Cl. The topological polar surface area (TPSA) is 92.5 Å². The molecular weight excluding hydrogens is 318 g/mol. The number of halogens is 1. The highest BCUT2D eigenvalue weighted by atomic mass is 35.5. The Morgan fingerprint density at radius 2 is 1.81 bits per heavy atom. The zero-order chi connectivity index (χ0) is 14.9. The number of nitro groups is 1. The summed E-state index contributed by atoms with van der Waals surface area (Å²) in [6.45, 7) is 5.11. The fraction of sp³-hybridized carbons (Fsp3) is 0.500. The number of hydrogen-bond donors (Lipinski definition) is 1. The fourth-order valence-corrected chi connectivity index (χ4v) is 4.14. The van der Waals surface area contributed by atoms with Gasteiger partial charge in [0.05, 0.1) is 4.92 Å². The average Bonchev–Trinajstić information content (AvgIpc) is 2.42. The quantitative estimate of drug-likeness (QED) is 0.662. The standard InChI is InChI=1S/C12H17N3O4S.ClH/c1-9-3-4-11(15(16)17)12(10(9)2)20(18,19)14-7-5-13-6-8-14;/h3-4,13H,5-8H2,1-2H3;1H. The lowest BCUT2D eigenvalue weighted by Gasteiger charge is -2.27. The minimum absolute atomic E-state index is 0. The normalized spacial score (nSPS) is 16.3. The molecule has 0 spiro atoms. The lowest BCUT2D eigenvalue weighted by molar-refractivity contribution is -0.388. The highest BCUT2D eigenvalue weighted by Crippen LogP contribution is 2.31. The Morgan fingerprint density at radius 3 is 2.33 bits per heavy atom. The Morgan fingerprint density at radius 1 is 1.24 bits per heavy atom. The molecular formula is C12H18ClN3O4S. The van der Waals surface area contributed by atoms with Crippen LogP contribution in [0.2, 0.25) is 0 Å². The molecule has 1 aromatic carbocycles. The summed E-state index contributed by atoms with van der Waals surface area (Å²) < 4.78 is 26.7. The number of nitrogens with one attached hydrogen (secondary N) is 1. The van der Waals surface area contributed by atoms with Crippen LogP contribution in [-0.4, -0.2) is 43.8 Å². The third-order valence-electron chi connectivity index (χ3n) is 3.53. The van der Waals surface area contributed by atoms with Gasteiger partial charge in [-0.25, -0.2) is 8.42 Å². The largest absolute Gasteiger partial charge is 0.314 e. The maximum atomic E-state index is 12.7. The van der Waals surface area contributed by atoms with E-state index in [4.69, 9.17) is 0 Å². The first kappa shape index (κ1) is 17.8. The predicted octanol–water partition coefficient (Wildman–Crippen LogP) is 1.23. The van der Waals surface area contributed by atoms with Crippen molar-refractivity contribution in [2.75, 3.05) is 26.2 Å². The molecule has 21 heavy (non-hydrogen) atoms. The molecule has 2 rings (SSSR count). The molecule has 0 saturated carbocycles. The first-order chi connectivity index (χ1) is 9.35. The molecule has 0 aliphatic carbocycles. The van der Waals surface area contributed by atoms with Crippen molar-refractivity contribution in [1.82, 2.24) is 9.62 Å². The van der Waals surface area contributed by atoms with E-state index in [-0.39, 0.29) is 23.0 Å². The van der Waals surface area contributed by atoms with Crippen molar-refractivity contribution in [1.29, 1.82) is 0 Å². The minimum atomic E-state index is -3.84. The van der Waals surface area contributed by atoms with Gasteiger partial charge < -0.3 is 5.32 Å². The number of nitrogens with zero attached hydrogens (tertiary/aromatic N) is 2. The molecule has 1 aliphatic heterocycles. The third-order valence-corrected chi connectivity index (χ3v) is 5.60. The van der Waals surface area contributed by atoms with Gasteiger partial charge >= 0.3 is 0 Å². The Labute approximate surface area is 129 Å². The summed E-state index contributed by atoms with van der Waals surface area (Å²) in [5.41, 5.74) is 0.814. The van der Waals surface area contributed by atoms with Crippen molar-refractivity contribution in [3.05, 3.63) is 33.4 Å². The maximum absolute atomic E-state index is 12.7. The first-order valence-corrected chi connectivity index (χ1v) is 7.75. The lowest BCUT2D eigenvalue weighted by Crippen LogP contribution is -2.46. The highest BCUT2D eigenvalue weighted by Gasteiger charge is 2.34. The summed E-state index contributed by atoms with van der Waals surface area (Å²) in [5.74, 6) is 0. The van der Waals surface area contributed by atoms with Gasteiger partial charge in [0.15, 0.2) is 4.90 Å². The van der Waals surface area contributed by atoms with Gasteiger partial charge in [-0.05, 0) is 25.0 Å². The van der Waals surface area contributed by atoms with E-state index in [0.717, 1.165) is 5.56 Å². The molecule has 1 fully saturated rings. The van der Waals surface area contributed by atoms with Crippen molar-refractivity contribution in [2.45, 2.75) is 18.7 Å². The summed E-state index contributed by atoms with van der Waals surface area (Å²) in [7, 11) is -3.84. The molecule has 118 valence electrons. The average molecular weight is 336 g/mol. The molecule has 1 aromatic rings. The Hall–Kier alpha value is -1.22. The number of piperazine rings is 1. The van der Waals surface area contributed by atoms with Crippen LogP contribution in [-0.2, 0) is 10.0 Å². The summed E-state index contributed by atoms with van der Waals surface area (Å²) >= 11 is 0. The van der Waals surface area contributed by atoms with Gasteiger partial charge in [0.1, 0.15) is 0 Å². The Balaban J connectivity index is 0.00000220. The van der Waals surface area contributed by atoms with Crippen LogP contribution in [0.1, 0.15) is 11.1 Å². The van der Waals surface area contributed by atoms with Crippen LogP contribution in [0.4, 0.5) is 5.69 Å².